The standard InChI is InChI=1S/C13H18N2O3/c1-17-12-5-3-2-4-11(12)9-6-10(7-9)15-18-8-13(14)16/h2-5,9-10,15H,6-8H2,1H3,(H2,14,16). The summed E-state index contributed by atoms with van der Waals surface area (Å²) in [4.78, 5) is 15.5. The summed E-state index contributed by atoms with van der Waals surface area (Å²) in [5, 5.41) is 0. The Labute approximate surface area is 106 Å². The highest BCUT2D eigenvalue weighted by molar-refractivity contribution is 5.74. The second-order valence-electron chi connectivity index (χ2n) is 4.48. The minimum absolute atomic E-state index is 0.0875. The van der Waals surface area contributed by atoms with Crippen LogP contribution >= 0.6 is 0 Å². The summed E-state index contributed by atoms with van der Waals surface area (Å²) in [6.45, 7) is -0.0875. The number of para-hydroxylation sites is 1. The average molecular weight is 250 g/mol. The predicted molar refractivity (Wildman–Crippen MR) is 67.0 cm³/mol. The Hall–Kier alpha value is -1.59. The van der Waals surface area contributed by atoms with E-state index in [9.17, 15) is 4.79 Å². The SMILES string of the molecule is COc1ccccc1C1CC(NOCC(N)=O)C1. The number of nitrogens with two attached hydrogens (primary N) is 1. The molecule has 3 N–H and O–H groups in total. The second kappa shape index (κ2) is 5.84. The Morgan fingerprint density at radius 2 is 2.17 bits per heavy atom. The van der Waals surface area contributed by atoms with Gasteiger partial charge in [0.2, 0.25) is 5.91 Å². The van der Waals surface area contributed by atoms with Gasteiger partial charge in [-0.1, -0.05) is 18.2 Å². The van der Waals surface area contributed by atoms with E-state index in [0.717, 1.165) is 18.6 Å². The minimum Gasteiger partial charge on any atom is -0.496 e. The molecule has 0 aromatic heterocycles. The lowest BCUT2D eigenvalue weighted by Crippen LogP contribution is -2.41. The van der Waals surface area contributed by atoms with Crippen LogP contribution < -0.4 is 16.0 Å². The average Bonchev–Trinajstić information content (AvgIpc) is 2.32. The molecule has 1 aromatic carbocycles. The number of carbonyl (C=O) groups is 1. The van der Waals surface area contributed by atoms with Crippen LogP contribution in [0.5, 0.6) is 5.75 Å². The summed E-state index contributed by atoms with van der Waals surface area (Å²) in [6, 6.07) is 8.32. The van der Waals surface area contributed by atoms with Gasteiger partial charge in [-0.05, 0) is 30.4 Å². The maximum Gasteiger partial charge on any atom is 0.245 e. The molecule has 1 fully saturated rings. The van der Waals surface area contributed by atoms with Gasteiger partial charge in [-0.2, -0.15) is 5.48 Å². The van der Waals surface area contributed by atoms with E-state index in [2.05, 4.69) is 11.5 Å². The Balaban J connectivity index is 1.80. The fraction of sp³-hybridized carbons (Fsp3) is 0.462. The fourth-order valence-corrected chi connectivity index (χ4v) is 2.20. The lowest BCUT2D eigenvalue weighted by atomic mass is 9.76. The van der Waals surface area contributed by atoms with Crippen LogP contribution in [-0.2, 0) is 9.63 Å². The number of benzene rings is 1. The molecule has 0 radical (unpaired) electrons. The van der Waals surface area contributed by atoms with Gasteiger partial charge in [-0.3, -0.25) is 9.63 Å². The van der Waals surface area contributed by atoms with Gasteiger partial charge in [0.1, 0.15) is 12.4 Å². The van der Waals surface area contributed by atoms with Crippen molar-refractivity contribution in [2.24, 2.45) is 5.73 Å². The fourth-order valence-electron chi connectivity index (χ4n) is 2.20. The van der Waals surface area contributed by atoms with E-state index in [4.69, 9.17) is 15.3 Å². The summed E-state index contributed by atoms with van der Waals surface area (Å²) in [5.41, 5.74) is 9.05. The van der Waals surface area contributed by atoms with Gasteiger partial charge in [0.15, 0.2) is 0 Å². The predicted octanol–water partition coefficient (Wildman–Crippen LogP) is 0.948. The minimum atomic E-state index is -0.469. The molecular weight excluding hydrogens is 232 g/mol. The van der Waals surface area contributed by atoms with Crippen molar-refractivity contribution in [3.05, 3.63) is 29.8 Å². The van der Waals surface area contributed by atoms with Crippen molar-refractivity contribution in [3.8, 4) is 5.75 Å². The van der Waals surface area contributed by atoms with E-state index >= 15 is 0 Å². The molecule has 5 nitrogen and oxygen atoms in total. The number of hydroxylamine groups is 1. The number of hydrogen-bond donors (Lipinski definition) is 2. The van der Waals surface area contributed by atoms with E-state index in [0.29, 0.717) is 5.92 Å². The smallest absolute Gasteiger partial charge is 0.245 e. The lowest BCUT2D eigenvalue weighted by Gasteiger charge is -2.36. The lowest BCUT2D eigenvalue weighted by molar-refractivity contribution is -0.126. The van der Waals surface area contributed by atoms with Gasteiger partial charge in [0.25, 0.3) is 0 Å². The summed E-state index contributed by atoms with van der Waals surface area (Å²) in [7, 11) is 1.68. The molecule has 0 atom stereocenters. The van der Waals surface area contributed by atoms with Gasteiger partial charge in [-0.25, -0.2) is 0 Å². The zero-order chi connectivity index (χ0) is 13.0. The van der Waals surface area contributed by atoms with Crippen molar-refractivity contribution in [1.29, 1.82) is 0 Å². The van der Waals surface area contributed by atoms with Crippen LogP contribution in [0.1, 0.15) is 24.3 Å². The molecule has 98 valence electrons. The van der Waals surface area contributed by atoms with Crippen LogP contribution in [0.4, 0.5) is 0 Å². The molecule has 0 heterocycles. The largest absolute Gasteiger partial charge is 0.496 e. The van der Waals surface area contributed by atoms with Gasteiger partial charge in [0, 0.05) is 6.04 Å². The number of hydrogen-bond acceptors (Lipinski definition) is 4. The molecule has 0 bridgehead atoms. The molecule has 2 rings (SSSR count). The Morgan fingerprint density at radius 1 is 1.44 bits per heavy atom. The van der Waals surface area contributed by atoms with Crippen molar-refractivity contribution in [1.82, 2.24) is 5.48 Å². The van der Waals surface area contributed by atoms with E-state index < -0.39 is 5.91 Å². The van der Waals surface area contributed by atoms with Crippen LogP contribution in [0.2, 0.25) is 0 Å². The number of methoxy groups -OCH3 is 1. The number of amides is 1. The summed E-state index contributed by atoms with van der Waals surface area (Å²) < 4.78 is 5.34. The third kappa shape index (κ3) is 3.00. The van der Waals surface area contributed by atoms with E-state index in [1.807, 2.05) is 18.2 Å². The molecular formula is C13H18N2O3. The van der Waals surface area contributed by atoms with Gasteiger partial charge >= 0.3 is 0 Å². The van der Waals surface area contributed by atoms with Gasteiger partial charge < -0.3 is 10.5 Å². The van der Waals surface area contributed by atoms with E-state index in [-0.39, 0.29) is 12.6 Å². The molecule has 0 spiro atoms. The van der Waals surface area contributed by atoms with Crippen LogP contribution in [-0.4, -0.2) is 25.7 Å². The topological polar surface area (TPSA) is 73.6 Å². The van der Waals surface area contributed by atoms with E-state index in [1.54, 1.807) is 7.11 Å². The van der Waals surface area contributed by atoms with Crippen molar-refractivity contribution in [3.63, 3.8) is 0 Å². The van der Waals surface area contributed by atoms with Crippen LogP contribution in [0.3, 0.4) is 0 Å². The van der Waals surface area contributed by atoms with E-state index in [1.165, 1.54) is 5.56 Å². The highest BCUT2D eigenvalue weighted by Gasteiger charge is 2.32. The molecule has 1 saturated carbocycles. The molecule has 1 aliphatic carbocycles. The quantitative estimate of drug-likeness (QED) is 0.737. The van der Waals surface area contributed by atoms with Gasteiger partial charge in [0.05, 0.1) is 7.11 Å². The number of primary amides is 1. The molecule has 0 aliphatic heterocycles. The Morgan fingerprint density at radius 3 is 2.83 bits per heavy atom. The van der Waals surface area contributed by atoms with Crippen molar-refractivity contribution in [2.75, 3.05) is 13.7 Å². The zero-order valence-corrected chi connectivity index (χ0v) is 10.4. The maximum atomic E-state index is 10.5. The highest BCUT2D eigenvalue weighted by Crippen LogP contribution is 2.40. The first-order valence-electron chi connectivity index (χ1n) is 5.99. The van der Waals surface area contributed by atoms with Crippen molar-refractivity contribution in [2.45, 2.75) is 24.8 Å². The number of nitrogens with one attached hydrogen (secondary N) is 1. The first-order chi connectivity index (χ1) is 8.70. The molecule has 1 aromatic rings. The molecule has 5 heteroatoms. The third-order valence-electron chi connectivity index (χ3n) is 3.18. The van der Waals surface area contributed by atoms with Crippen LogP contribution in [0, 0.1) is 0 Å². The Bertz CT molecular complexity index is 416. The number of ether oxygens (including phenoxy) is 1. The molecule has 1 aliphatic rings. The van der Waals surface area contributed by atoms with Crippen molar-refractivity contribution >= 4 is 5.91 Å². The molecule has 1 amide bonds. The molecule has 18 heavy (non-hydrogen) atoms. The summed E-state index contributed by atoms with van der Waals surface area (Å²) in [5.74, 6) is 0.943. The van der Waals surface area contributed by atoms with Crippen LogP contribution in [0.15, 0.2) is 24.3 Å². The third-order valence-corrected chi connectivity index (χ3v) is 3.18. The monoisotopic (exact) mass is 250 g/mol. The summed E-state index contributed by atoms with van der Waals surface area (Å²) in [6.07, 6.45) is 1.94. The number of rotatable bonds is 6. The normalized spacial score (nSPS) is 22.3. The highest BCUT2D eigenvalue weighted by atomic mass is 16.6. The maximum absolute atomic E-state index is 10.5. The zero-order valence-electron chi connectivity index (χ0n) is 10.4. The Kier molecular flexibility index (Phi) is 4.17. The van der Waals surface area contributed by atoms with Gasteiger partial charge in [-0.15, -0.1) is 0 Å². The van der Waals surface area contributed by atoms with Crippen LogP contribution in [0.25, 0.3) is 0 Å². The first kappa shape index (κ1) is 12.9. The first-order valence-corrected chi connectivity index (χ1v) is 5.99. The van der Waals surface area contributed by atoms with Crippen molar-refractivity contribution < 1.29 is 14.4 Å². The second-order valence-corrected chi connectivity index (χ2v) is 4.48. The molecule has 0 unspecified atom stereocenters. The summed E-state index contributed by atoms with van der Waals surface area (Å²) >= 11 is 0. The molecule has 0 saturated heterocycles. The number of carbonyl (C=O) groups excluding carboxylic acids is 1.